The average molecular weight is 438 g/mol. The number of fused-ring (bicyclic) bond motifs is 2. The molecule has 164 valence electrons. The molecule has 0 aliphatic carbocycles. The Kier molecular flexibility index (Phi) is 5.32. The zero-order valence-corrected chi connectivity index (χ0v) is 17.9. The largest absolute Gasteiger partial charge is 0.361 e. The van der Waals surface area contributed by atoms with E-state index in [9.17, 15) is 9.59 Å². The maximum absolute atomic E-state index is 13.0. The number of para-hydroxylation sites is 3. The lowest BCUT2D eigenvalue weighted by molar-refractivity contribution is -0.125. The normalized spacial score (nSPS) is 12.0. The first kappa shape index (κ1) is 20.4. The molecule has 2 amide bonds. The highest BCUT2D eigenvalue weighted by atomic mass is 16.2. The fourth-order valence-corrected chi connectivity index (χ4v) is 3.95. The van der Waals surface area contributed by atoms with Crippen LogP contribution >= 0.6 is 0 Å². The molecule has 5 rings (SSSR count). The van der Waals surface area contributed by atoms with Crippen LogP contribution in [0.2, 0.25) is 0 Å². The number of imidazole rings is 1. The Morgan fingerprint density at radius 3 is 2.67 bits per heavy atom. The summed E-state index contributed by atoms with van der Waals surface area (Å²) in [5.41, 5.74) is 4.32. The second-order valence-electron chi connectivity index (χ2n) is 7.81. The molecule has 3 aromatic heterocycles. The van der Waals surface area contributed by atoms with Crippen LogP contribution in [0, 0.1) is 0 Å². The van der Waals surface area contributed by atoms with Gasteiger partial charge in [-0.05, 0) is 35.9 Å². The topological polar surface area (TPSA) is 105 Å². The van der Waals surface area contributed by atoms with Crippen molar-refractivity contribution in [3.05, 3.63) is 84.9 Å². The summed E-state index contributed by atoms with van der Waals surface area (Å²) in [5, 5.41) is 6.65. The molecular formula is C25H22N6O2. The molecule has 2 aromatic carbocycles. The Bertz CT molecular complexity index is 1450. The molecule has 0 fully saturated rings. The van der Waals surface area contributed by atoms with Crippen molar-refractivity contribution in [2.75, 3.05) is 5.32 Å². The van der Waals surface area contributed by atoms with Gasteiger partial charge < -0.3 is 15.6 Å². The van der Waals surface area contributed by atoms with Crippen molar-refractivity contribution in [2.24, 2.45) is 0 Å². The number of anilines is 1. The van der Waals surface area contributed by atoms with Crippen molar-refractivity contribution < 1.29 is 9.59 Å². The Balaban J connectivity index is 1.34. The number of nitrogens with zero attached hydrogens (tertiary/aromatic N) is 3. The third-order valence-electron chi connectivity index (χ3n) is 5.51. The number of amides is 2. The average Bonchev–Trinajstić information content (AvgIpc) is 3.43. The van der Waals surface area contributed by atoms with Crippen LogP contribution in [0.1, 0.15) is 12.5 Å². The molecule has 0 saturated carbocycles. The van der Waals surface area contributed by atoms with Gasteiger partial charge in [0.25, 0.3) is 0 Å². The highest BCUT2D eigenvalue weighted by Crippen LogP contribution is 2.20. The van der Waals surface area contributed by atoms with Crippen molar-refractivity contribution in [3.8, 4) is 5.82 Å². The van der Waals surface area contributed by atoms with E-state index in [4.69, 9.17) is 0 Å². The summed E-state index contributed by atoms with van der Waals surface area (Å²) in [6.45, 7) is 1.40. The third-order valence-corrected chi connectivity index (χ3v) is 5.51. The molecule has 5 aromatic rings. The Labute approximate surface area is 189 Å². The van der Waals surface area contributed by atoms with Gasteiger partial charge in [-0.25, -0.2) is 9.97 Å². The van der Waals surface area contributed by atoms with Crippen LogP contribution in [-0.2, 0) is 16.0 Å². The molecule has 8 nitrogen and oxygen atoms in total. The van der Waals surface area contributed by atoms with Gasteiger partial charge >= 0.3 is 0 Å². The van der Waals surface area contributed by atoms with Crippen molar-refractivity contribution in [1.29, 1.82) is 0 Å². The van der Waals surface area contributed by atoms with Gasteiger partial charge in [0.05, 0.1) is 22.9 Å². The number of aromatic nitrogens is 4. The van der Waals surface area contributed by atoms with Gasteiger partial charge in [-0.1, -0.05) is 30.3 Å². The van der Waals surface area contributed by atoms with Crippen molar-refractivity contribution >= 4 is 39.4 Å². The second kappa shape index (κ2) is 8.58. The molecule has 1 unspecified atom stereocenters. The van der Waals surface area contributed by atoms with Crippen LogP contribution in [0.5, 0.6) is 0 Å². The predicted molar refractivity (Wildman–Crippen MR) is 127 cm³/mol. The van der Waals surface area contributed by atoms with Crippen LogP contribution in [0.4, 0.5) is 5.69 Å². The first-order valence-electron chi connectivity index (χ1n) is 10.6. The van der Waals surface area contributed by atoms with Crippen LogP contribution in [0.25, 0.3) is 27.8 Å². The molecule has 3 heterocycles. The van der Waals surface area contributed by atoms with E-state index in [0.717, 1.165) is 27.5 Å². The summed E-state index contributed by atoms with van der Waals surface area (Å²) in [6.07, 6.45) is 5.55. The summed E-state index contributed by atoms with van der Waals surface area (Å²) in [5.74, 6) is 0.118. The number of nitrogens with one attached hydrogen (secondary N) is 3. The standard InChI is InChI=1S/C25H22N6O2/c1-16(32)29-22(12-17-13-26-20-7-3-2-6-19(17)20)25(33)30-18-10-11-24(27-14-18)31-15-28-21-8-4-5-9-23(21)31/h2-11,13-15,22,26H,12H2,1H3,(H,29,32)(H,30,33). The molecule has 33 heavy (non-hydrogen) atoms. The number of rotatable bonds is 6. The number of hydrogen-bond acceptors (Lipinski definition) is 4. The number of carbonyl (C=O) groups is 2. The molecular weight excluding hydrogens is 416 g/mol. The van der Waals surface area contributed by atoms with Crippen molar-refractivity contribution in [2.45, 2.75) is 19.4 Å². The minimum Gasteiger partial charge on any atom is -0.361 e. The van der Waals surface area contributed by atoms with E-state index < -0.39 is 6.04 Å². The van der Waals surface area contributed by atoms with E-state index in [1.54, 1.807) is 18.6 Å². The highest BCUT2D eigenvalue weighted by molar-refractivity contribution is 5.97. The summed E-state index contributed by atoms with van der Waals surface area (Å²) < 4.78 is 1.89. The van der Waals surface area contributed by atoms with E-state index in [1.165, 1.54) is 6.92 Å². The fraction of sp³-hybridized carbons (Fsp3) is 0.120. The molecule has 0 radical (unpaired) electrons. The van der Waals surface area contributed by atoms with Crippen LogP contribution in [-0.4, -0.2) is 37.4 Å². The number of aromatic amines is 1. The lowest BCUT2D eigenvalue weighted by Crippen LogP contribution is -2.44. The van der Waals surface area contributed by atoms with E-state index >= 15 is 0 Å². The molecule has 0 bridgehead atoms. The smallest absolute Gasteiger partial charge is 0.247 e. The number of H-pyrrole nitrogens is 1. The predicted octanol–water partition coefficient (Wildman–Crippen LogP) is 3.59. The minimum atomic E-state index is -0.723. The monoisotopic (exact) mass is 438 g/mol. The summed E-state index contributed by atoms with van der Waals surface area (Å²) in [4.78, 5) is 36.9. The summed E-state index contributed by atoms with van der Waals surface area (Å²) in [7, 11) is 0. The number of carbonyl (C=O) groups excluding carboxylic acids is 2. The molecule has 8 heteroatoms. The fourth-order valence-electron chi connectivity index (χ4n) is 3.95. The lowest BCUT2D eigenvalue weighted by Gasteiger charge is -2.17. The zero-order valence-electron chi connectivity index (χ0n) is 17.9. The minimum absolute atomic E-state index is 0.268. The lowest BCUT2D eigenvalue weighted by atomic mass is 10.0. The SMILES string of the molecule is CC(=O)NC(Cc1c[nH]c2ccccc12)C(=O)Nc1ccc(-n2cnc3ccccc32)nc1. The Morgan fingerprint density at radius 1 is 1.03 bits per heavy atom. The molecule has 0 saturated heterocycles. The number of pyridine rings is 1. The van der Waals surface area contributed by atoms with Gasteiger partial charge in [-0.2, -0.15) is 0 Å². The number of benzene rings is 2. The van der Waals surface area contributed by atoms with Gasteiger partial charge in [-0.15, -0.1) is 0 Å². The third kappa shape index (κ3) is 4.18. The molecule has 0 aliphatic heterocycles. The quantitative estimate of drug-likeness (QED) is 0.377. The van der Waals surface area contributed by atoms with E-state index in [1.807, 2.05) is 65.4 Å². The van der Waals surface area contributed by atoms with Crippen LogP contribution in [0.15, 0.2) is 79.4 Å². The maximum atomic E-state index is 13.0. The molecule has 0 spiro atoms. The number of hydrogen-bond donors (Lipinski definition) is 3. The summed E-state index contributed by atoms with van der Waals surface area (Å²) >= 11 is 0. The zero-order chi connectivity index (χ0) is 22.8. The van der Waals surface area contributed by atoms with E-state index in [2.05, 4.69) is 25.6 Å². The Hall–Kier alpha value is -4.46. The van der Waals surface area contributed by atoms with Crippen molar-refractivity contribution in [3.63, 3.8) is 0 Å². The van der Waals surface area contributed by atoms with E-state index in [0.29, 0.717) is 17.9 Å². The summed E-state index contributed by atoms with van der Waals surface area (Å²) in [6, 6.07) is 18.5. The Morgan fingerprint density at radius 2 is 1.85 bits per heavy atom. The first-order valence-corrected chi connectivity index (χ1v) is 10.6. The molecule has 0 aliphatic rings. The van der Waals surface area contributed by atoms with Gasteiger partial charge in [0, 0.05) is 30.4 Å². The van der Waals surface area contributed by atoms with Crippen molar-refractivity contribution in [1.82, 2.24) is 24.8 Å². The van der Waals surface area contributed by atoms with Crippen LogP contribution in [0.3, 0.4) is 0 Å². The molecule has 1 atom stereocenters. The maximum Gasteiger partial charge on any atom is 0.247 e. The van der Waals surface area contributed by atoms with Crippen LogP contribution < -0.4 is 10.6 Å². The van der Waals surface area contributed by atoms with Gasteiger partial charge in [0.15, 0.2) is 0 Å². The highest BCUT2D eigenvalue weighted by Gasteiger charge is 2.22. The van der Waals surface area contributed by atoms with Gasteiger partial charge in [-0.3, -0.25) is 14.2 Å². The first-order chi connectivity index (χ1) is 16.1. The van der Waals surface area contributed by atoms with Gasteiger partial charge in [0.2, 0.25) is 11.8 Å². The van der Waals surface area contributed by atoms with E-state index in [-0.39, 0.29) is 11.8 Å². The van der Waals surface area contributed by atoms with Gasteiger partial charge in [0.1, 0.15) is 18.2 Å². The second-order valence-corrected chi connectivity index (χ2v) is 7.81. The molecule has 3 N–H and O–H groups in total.